The highest BCUT2D eigenvalue weighted by Gasteiger charge is 2.16. The summed E-state index contributed by atoms with van der Waals surface area (Å²) in [5, 5.41) is 0. The van der Waals surface area contributed by atoms with Gasteiger partial charge in [-0.25, -0.2) is 0 Å². The van der Waals surface area contributed by atoms with Gasteiger partial charge >= 0.3 is 0 Å². The van der Waals surface area contributed by atoms with Crippen molar-refractivity contribution < 1.29 is 4.74 Å². The quantitative estimate of drug-likeness (QED) is 0.785. The standard InChI is InChI=1S/C9H12N2OS/c10-9(8-5-11-6-13-8)7-3-1-2-4-12-7/h3,5-6,9H,1-2,4,10H2. The van der Waals surface area contributed by atoms with Gasteiger partial charge in [-0.15, -0.1) is 11.3 Å². The number of nitrogens with zero attached hydrogens (tertiary/aromatic N) is 1. The normalized spacial score (nSPS) is 19.0. The molecule has 0 saturated heterocycles. The Hall–Kier alpha value is -0.870. The van der Waals surface area contributed by atoms with Crippen LogP contribution in [-0.2, 0) is 4.74 Å². The maximum absolute atomic E-state index is 5.99. The largest absolute Gasteiger partial charge is 0.496 e. The first kappa shape index (κ1) is 8.72. The van der Waals surface area contributed by atoms with Crippen LogP contribution in [0.1, 0.15) is 23.8 Å². The molecule has 0 aliphatic carbocycles. The smallest absolute Gasteiger partial charge is 0.114 e. The maximum Gasteiger partial charge on any atom is 0.114 e. The van der Waals surface area contributed by atoms with Crippen LogP contribution < -0.4 is 5.73 Å². The lowest BCUT2D eigenvalue weighted by Gasteiger charge is -2.19. The first-order valence-electron chi connectivity index (χ1n) is 4.35. The second kappa shape index (κ2) is 3.89. The van der Waals surface area contributed by atoms with E-state index in [4.69, 9.17) is 10.5 Å². The molecular formula is C9H12N2OS. The van der Waals surface area contributed by atoms with Crippen molar-refractivity contribution in [2.45, 2.75) is 18.9 Å². The van der Waals surface area contributed by atoms with E-state index in [1.807, 2.05) is 0 Å². The molecule has 13 heavy (non-hydrogen) atoms. The van der Waals surface area contributed by atoms with E-state index >= 15 is 0 Å². The topological polar surface area (TPSA) is 48.1 Å². The van der Waals surface area contributed by atoms with Crippen LogP contribution in [0.3, 0.4) is 0 Å². The second-order valence-corrected chi connectivity index (χ2v) is 3.90. The lowest BCUT2D eigenvalue weighted by molar-refractivity contribution is 0.176. The fourth-order valence-electron chi connectivity index (χ4n) is 1.31. The summed E-state index contributed by atoms with van der Waals surface area (Å²) in [7, 11) is 0. The van der Waals surface area contributed by atoms with Gasteiger partial charge in [0.2, 0.25) is 0 Å². The van der Waals surface area contributed by atoms with E-state index in [0.29, 0.717) is 0 Å². The molecule has 2 heterocycles. The van der Waals surface area contributed by atoms with Gasteiger partial charge in [-0.3, -0.25) is 4.98 Å². The van der Waals surface area contributed by atoms with Crippen LogP contribution in [0.2, 0.25) is 0 Å². The first-order chi connectivity index (χ1) is 6.38. The molecule has 4 heteroatoms. The number of ether oxygens (including phenoxy) is 1. The Morgan fingerprint density at radius 3 is 3.15 bits per heavy atom. The van der Waals surface area contributed by atoms with E-state index in [1.165, 1.54) is 0 Å². The van der Waals surface area contributed by atoms with Crippen LogP contribution in [-0.4, -0.2) is 11.6 Å². The molecule has 0 spiro atoms. The molecule has 1 unspecified atom stereocenters. The third-order valence-corrected chi connectivity index (χ3v) is 2.89. The minimum atomic E-state index is -0.118. The molecule has 1 atom stereocenters. The van der Waals surface area contributed by atoms with E-state index < -0.39 is 0 Å². The van der Waals surface area contributed by atoms with Crippen molar-refractivity contribution in [2.24, 2.45) is 5.73 Å². The van der Waals surface area contributed by atoms with Gasteiger partial charge in [0.05, 0.1) is 18.2 Å². The minimum Gasteiger partial charge on any atom is -0.496 e. The van der Waals surface area contributed by atoms with E-state index in [9.17, 15) is 0 Å². The number of nitrogens with two attached hydrogens (primary N) is 1. The predicted octanol–water partition coefficient (Wildman–Crippen LogP) is 1.84. The molecule has 0 saturated carbocycles. The Kier molecular flexibility index (Phi) is 2.61. The Bertz CT molecular complexity index is 295. The van der Waals surface area contributed by atoms with E-state index in [1.54, 1.807) is 23.0 Å². The zero-order valence-electron chi connectivity index (χ0n) is 7.27. The summed E-state index contributed by atoms with van der Waals surface area (Å²) in [6.07, 6.45) is 6.04. The van der Waals surface area contributed by atoms with Gasteiger partial charge in [-0.1, -0.05) is 0 Å². The fraction of sp³-hybridized carbons (Fsp3) is 0.444. The molecule has 2 N–H and O–H groups in total. The van der Waals surface area contributed by atoms with Crippen LogP contribution in [0, 0.1) is 0 Å². The fourth-order valence-corrected chi connectivity index (χ4v) is 1.94. The highest BCUT2D eigenvalue weighted by atomic mass is 32.1. The summed E-state index contributed by atoms with van der Waals surface area (Å²) in [6, 6.07) is -0.118. The monoisotopic (exact) mass is 196 g/mol. The van der Waals surface area contributed by atoms with Crippen molar-refractivity contribution in [2.75, 3.05) is 6.61 Å². The third kappa shape index (κ3) is 1.89. The molecule has 70 valence electrons. The summed E-state index contributed by atoms with van der Waals surface area (Å²) in [6.45, 7) is 0.790. The molecule has 1 aliphatic rings. The zero-order valence-corrected chi connectivity index (χ0v) is 8.09. The van der Waals surface area contributed by atoms with Crippen LogP contribution in [0.15, 0.2) is 23.5 Å². The average molecular weight is 196 g/mol. The SMILES string of the molecule is NC(C1=CCCCO1)c1cncs1. The van der Waals surface area contributed by atoms with Gasteiger partial charge in [0.15, 0.2) is 0 Å². The van der Waals surface area contributed by atoms with Gasteiger partial charge < -0.3 is 10.5 Å². The second-order valence-electron chi connectivity index (χ2n) is 2.98. The summed E-state index contributed by atoms with van der Waals surface area (Å²) in [5.74, 6) is 0.899. The van der Waals surface area contributed by atoms with Crippen molar-refractivity contribution in [3.63, 3.8) is 0 Å². The average Bonchev–Trinajstić information content (AvgIpc) is 2.71. The number of hydrogen-bond donors (Lipinski definition) is 1. The number of hydrogen-bond acceptors (Lipinski definition) is 4. The molecule has 0 bridgehead atoms. The number of thiazole rings is 1. The molecule has 0 aromatic carbocycles. The Labute approximate surface area is 81.2 Å². The summed E-state index contributed by atoms with van der Waals surface area (Å²) in [4.78, 5) is 5.06. The van der Waals surface area contributed by atoms with Gasteiger partial charge in [0, 0.05) is 11.1 Å². The van der Waals surface area contributed by atoms with Crippen molar-refractivity contribution >= 4 is 11.3 Å². The van der Waals surface area contributed by atoms with Crippen LogP contribution in [0.5, 0.6) is 0 Å². The van der Waals surface area contributed by atoms with Gasteiger partial charge in [-0.05, 0) is 18.9 Å². The van der Waals surface area contributed by atoms with E-state index in [-0.39, 0.29) is 6.04 Å². The van der Waals surface area contributed by atoms with Crippen LogP contribution in [0.25, 0.3) is 0 Å². The highest BCUT2D eigenvalue weighted by Crippen LogP contribution is 2.25. The Morgan fingerprint density at radius 2 is 2.54 bits per heavy atom. The summed E-state index contributed by atoms with van der Waals surface area (Å²) < 4.78 is 5.48. The summed E-state index contributed by atoms with van der Waals surface area (Å²) >= 11 is 1.57. The number of allylic oxidation sites excluding steroid dienone is 1. The number of rotatable bonds is 2. The molecule has 2 rings (SSSR count). The van der Waals surface area contributed by atoms with Crippen molar-refractivity contribution in [1.29, 1.82) is 0 Å². The van der Waals surface area contributed by atoms with Gasteiger partial charge in [0.1, 0.15) is 5.76 Å². The van der Waals surface area contributed by atoms with Crippen molar-refractivity contribution in [3.05, 3.63) is 28.4 Å². The molecular weight excluding hydrogens is 184 g/mol. The molecule has 0 amide bonds. The molecule has 3 nitrogen and oxygen atoms in total. The Morgan fingerprint density at radius 1 is 1.62 bits per heavy atom. The van der Waals surface area contributed by atoms with E-state index in [0.717, 1.165) is 30.1 Å². The lowest BCUT2D eigenvalue weighted by atomic mass is 10.1. The zero-order chi connectivity index (χ0) is 9.10. The maximum atomic E-state index is 5.99. The van der Waals surface area contributed by atoms with Gasteiger partial charge in [-0.2, -0.15) is 0 Å². The van der Waals surface area contributed by atoms with Gasteiger partial charge in [0.25, 0.3) is 0 Å². The molecule has 1 aromatic rings. The highest BCUT2D eigenvalue weighted by molar-refractivity contribution is 7.09. The van der Waals surface area contributed by atoms with Crippen molar-refractivity contribution in [1.82, 2.24) is 4.98 Å². The number of aromatic nitrogens is 1. The van der Waals surface area contributed by atoms with Crippen molar-refractivity contribution in [3.8, 4) is 0 Å². The van der Waals surface area contributed by atoms with Crippen LogP contribution >= 0.6 is 11.3 Å². The predicted molar refractivity (Wildman–Crippen MR) is 52.3 cm³/mol. The molecule has 1 aromatic heterocycles. The van der Waals surface area contributed by atoms with Crippen LogP contribution in [0.4, 0.5) is 0 Å². The third-order valence-electron chi connectivity index (χ3n) is 2.03. The molecule has 1 aliphatic heterocycles. The summed E-state index contributed by atoms with van der Waals surface area (Å²) in [5.41, 5.74) is 7.78. The first-order valence-corrected chi connectivity index (χ1v) is 5.22. The Balaban J connectivity index is 2.12. The lowest BCUT2D eigenvalue weighted by Crippen LogP contribution is -2.16. The van der Waals surface area contributed by atoms with E-state index in [2.05, 4.69) is 11.1 Å². The molecule has 0 fully saturated rings. The molecule has 0 radical (unpaired) electrons. The minimum absolute atomic E-state index is 0.118.